The van der Waals surface area contributed by atoms with Gasteiger partial charge in [-0.15, -0.1) is 12.4 Å². The Balaban J connectivity index is 0.00000261. The van der Waals surface area contributed by atoms with Gasteiger partial charge in [-0.1, -0.05) is 47.5 Å². The van der Waals surface area contributed by atoms with Crippen LogP contribution in [0.2, 0.25) is 0 Å². The van der Waals surface area contributed by atoms with Crippen LogP contribution in [0.4, 0.5) is 4.79 Å². The molecule has 2 aromatic rings. The zero-order chi connectivity index (χ0) is 18.5. The highest BCUT2D eigenvalue weighted by Crippen LogP contribution is 2.14. The molecule has 1 aliphatic heterocycles. The number of carbonyl (C=O) groups is 2. The Bertz CT molecular complexity index is 775. The van der Waals surface area contributed by atoms with Crippen molar-refractivity contribution >= 4 is 24.3 Å². The molecule has 1 N–H and O–H groups in total. The first kappa shape index (κ1) is 20.9. The largest absolute Gasteiger partial charge is 0.445 e. The molecule has 1 unspecified atom stereocenters. The number of ketones is 1. The molecule has 3 rings (SSSR count). The second-order valence-electron chi connectivity index (χ2n) is 6.73. The molecule has 1 fully saturated rings. The van der Waals surface area contributed by atoms with E-state index in [0.717, 1.165) is 16.7 Å². The van der Waals surface area contributed by atoms with Gasteiger partial charge in [-0.25, -0.2) is 4.79 Å². The number of hydrogen-bond donors (Lipinski definition) is 1. The van der Waals surface area contributed by atoms with Crippen molar-refractivity contribution in [1.82, 2.24) is 10.2 Å². The van der Waals surface area contributed by atoms with Crippen molar-refractivity contribution < 1.29 is 14.3 Å². The number of rotatable bonds is 4. The molecule has 5 nitrogen and oxygen atoms in total. The lowest BCUT2D eigenvalue weighted by molar-refractivity contribution is 0.0752. The fourth-order valence-electron chi connectivity index (χ4n) is 3.22. The van der Waals surface area contributed by atoms with Gasteiger partial charge in [0.05, 0.1) is 6.04 Å². The molecule has 0 bridgehead atoms. The lowest BCUT2D eigenvalue weighted by Gasteiger charge is -2.32. The standard InChI is InChI=1S/C21H24N2O3.ClH/c1-15-10-16(2)12-18(11-15)20(24)19-13-23(9-8-22-19)21(25)26-14-17-6-4-3-5-7-17;/h3-7,10-12,19,22H,8-9,13-14H2,1-2H3;1H. The van der Waals surface area contributed by atoms with Crippen LogP contribution < -0.4 is 5.32 Å². The third kappa shape index (κ3) is 5.55. The summed E-state index contributed by atoms with van der Waals surface area (Å²) in [4.78, 5) is 26.8. The SMILES string of the molecule is Cc1cc(C)cc(C(=O)C2CN(C(=O)OCc3ccccc3)CCN2)c1.Cl. The minimum atomic E-state index is -0.408. The number of amides is 1. The van der Waals surface area contributed by atoms with Gasteiger partial charge in [0.25, 0.3) is 0 Å². The van der Waals surface area contributed by atoms with Crippen LogP contribution in [0.3, 0.4) is 0 Å². The van der Waals surface area contributed by atoms with E-state index in [1.165, 1.54) is 0 Å². The topological polar surface area (TPSA) is 58.6 Å². The van der Waals surface area contributed by atoms with Crippen molar-refractivity contribution in [2.24, 2.45) is 0 Å². The number of hydrogen-bond acceptors (Lipinski definition) is 4. The molecule has 27 heavy (non-hydrogen) atoms. The molecule has 0 radical (unpaired) electrons. The molecule has 1 aliphatic rings. The minimum absolute atomic E-state index is 0. The summed E-state index contributed by atoms with van der Waals surface area (Å²) in [5.41, 5.74) is 3.74. The molecule has 0 aromatic heterocycles. The summed E-state index contributed by atoms with van der Waals surface area (Å²) in [6.45, 7) is 5.61. The number of halogens is 1. The number of piperazine rings is 1. The summed E-state index contributed by atoms with van der Waals surface area (Å²) < 4.78 is 5.39. The monoisotopic (exact) mass is 388 g/mol. The van der Waals surface area contributed by atoms with Crippen LogP contribution in [-0.2, 0) is 11.3 Å². The van der Waals surface area contributed by atoms with Gasteiger partial charge in [0.2, 0.25) is 0 Å². The maximum absolute atomic E-state index is 12.8. The Morgan fingerprint density at radius 1 is 1.11 bits per heavy atom. The van der Waals surface area contributed by atoms with Crippen LogP contribution in [0.1, 0.15) is 27.0 Å². The minimum Gasteiger partial charge on any atom is -0.445 e. The molecule has 0 spiro atoms. The normalized spacial score (nSPS) is 16.4. The van der Waals surface area contributed by atoms with Gasteiger partial charge in [-0.05, 0) is 31.5 Å². The van der Waals surface area contributed by atoms with E-state index in [4.69, 9.17) is 4.74 Å². The molecule has 1 atom stereocenters. The fraction of sp³-hybridized carbons (Fsp3) is 0.333. The van der Waals surface area contributed by atoms with E-state index in [1.807, 2.05) is 62.4 Å². The smallest absolute Gasteiger partial charge is 0.410 e. The Labute approximate surface area is 166 Å². The third-order valence-corrected chi connectivity index (χ3v) is 4.46. The fourth-order valence-corrected chi connectivity index (χ4v) is 3.22. The van der Waals surface area contributed by atoms with Crippen molar-refractivity contribution in [3.8, 4) is 0 Å². The van der Waals surface area contributed by atoms with E-state index in [1.54, 1.807) is 4.90 Å². The van der Waals surface area contributed by atoms with E-state index in [0.29, 0.717) is 25.2 Å². The van der Waals surface area contributed by atoms with E-state index in [-0.39, 0.29) is 30.9 Å². The highest BCUT2D eigenvalue weighted by atomic mass is 35.5. The second-order valence-corrected chi connectivity index (χ2v) is 6.73. The predicted molar refractivity (Wildman–Crippen MR) is 107 cm³/mol. The van der Waals surface area contributed by atoms with Crippen molar-refractivity contribution in [2.75, 3.05) is 19.6 Å². The zero-order valence-electron chi connectivity index (χ0n) is 15.6. The summed E-state index contributed by atoms with van der Waals surface area (Å²) >= 11 is 0. The maximum Gasteiger partial charge on any atom is 0.410 e. The zero-order valence-corrected chi connectivity index (χ0v) is 16.4. The average Bonchev–Trinajstić information content (AvgIpc) is 2.65. The summed E-state index contributed by atoms with van der Waals surface area (Å²) in [6, 6.07) is 15.0. The van der Waals surface area contributed by atoms with E-state index < -0.39 is 6.04 Å². The Morgan fingerprint density at radius 3 is 2.44 bits per heavy atom. The van der Waals surface area contributed by atoms with Gasteiger partial charge in [0, 0.05) is 25.2 Å². The van der Waals surface area contributed by atoms with Gasteiger partial charge in [-0.2, -0.15) is 0 Å². The molecule has 2 aromatic carbocycles. The summed E-state index contributed by atoms with van der Waals surface area (Å²) in [5, 5.41) is 3.22. The average molecular weight is 389 g/mol. The van der Waals surface area contributed by atoms with Gasteiger partial charge >= 0.3 is 6.09 Å². The van der Waals surface area contributed by atoms with Gasteiger partial charge < -0.3 is 15.0 Å². The number of Topliss-reactive ketones (excluding diaryl/α,β-unsaturated/α-hetero) is 1. The number of nitrogens with one attached hydrogen (secondary N) is 1. The van der Waals surface area contributed by atoms with Crippen LogP contribution in [0, 0.1) is 13.8 Å². The van der Waals surface area contributed by atoms with Gasteiger partial charge in [0.15, 0.2) is 5.78 Å². The first-order valence-corrected chi connectivity index (χ1v) is 8.84. The molecule has 6 heteroatoms. The lowest BCUT2D eigenvalue weighted by atomic mass is 9.98. The van der Waals surface area contributed by atoms with Crippen molar-refractivity contribution in [2.45, 2.75) is 26.5 Å². The molecule has 1 amide bonds. The maximum atomic E-state index is 12.8. The van der Waals surface area contributed by atoms with Crippen molar-refractivity contribution in [1.29, 1.82) is 0 Å². The van der Waals surface area contributed by atoms with Crippen molar-refractivity contribution in [3.05, 3.63) is 70.8 Å². The number of carbonyl (C=O) groups excluding carboxylic acids is 2. The summed E-state index contributed by atoms with van der Waals surface area (Å²) in [7, 11) is 0. The Hall–Kier alpha value is -2.37. The summed E-state index contributed by atoms with van der Waals surface area (Å²) in [6.07, 6.45) is -0.381. The second kappa shape index (κ2) is 9.53. The number of ether oxygens (including phenoxy) is 1. The number of benzene rings is 2. The number of nitrogens with zero attached hydrogens (tertiary/aromatic N) is 1. The first-order valence-electron chi connectivity index (χ1n) is 8.84. The third-order valence-electron chi connectivity index (χ3n) is 4.46. The highest BCUT2D eigenvalue weighted by Gasteiger charge is 2.29. The number of aryl methyl sites for hydroxylation is 2. The van der Waals surface area contributed by atoms with Crippen molar-refractivity contribution in [3.63, 3.8) is 0 Å². The molecular weight excluding hydrogens is 364 g/mol. The van der Waals surface area contributed by atoms with Crippen LogP contribution in [0.5, 0.6) is 0 Å². The molecule has 144 valence electrons. The molecule has 1 saturated heterocycles. The molecule has 0 saturated carbocycles. The van der Waals surface area contributed by atoms with Crippen LogP contribution in [0.25, 0.3) is 0 Å². The van der Waals surface area contributed by atoms with E-state index in [9.17, 15) is 9.59 Å². The molecular formula is C21H25ClN2O3. The lowest BCUT2D eigenvalue weighted by Crippen LogP contribution is -2.55. The van der Waals surface area contributed by atoms with Gasteiger partial charge in [-0.3, -0.25) is 4.79 Å². The Morgan fingerprint density at radius 2 is 1.78 bits per heavy atom. The quantitative estimate of drug-likeness (QED) is 0.814. The van der Waals surface area contributed by atoms with E-state index >= 15 is 0 Å². The van der Waals surface area contributed by atoms with Crippen LogP contribution in [-0.4, -0.2) is 42.5 Å². The van der Waals surface area contributed by atoms with Crippen LogP contribution in [0.15, 0.2) is 48.5 Å². The first-order chi connectivity index (χ1) is 12.5. The highest BCUT2D eigenvalue weighted by molar-refractivity contribution is 6.00. The molecule has 1 heterocycles. The summed E-state index contributed by atoms with van der Waals surface area (Å²) in [5.74, 6) is 0.0114. The van der Waals surface area contributed by atoms with Crippen LogP contribution >= 0.6 is 12.4 Å². The van der Waals surface area contributed by atoms with E-state index in [2.05, 4.69) is 5.32 Å². The Kier molecular flexibility index (Phi) is 7.39. The molecule has 0 aliphatic carbocycles. The van der Waals surface area contributed by atoms with Gasteiger partial charge in [0.1, 0.15) is 6.61 Å². The predicted octanol–water partition coefficient (Wildman–Crippen LogP) is 3.52.